The molecule has 1 aliphatic rings. The lowest BCUT2D eigenvalue weighted by Gasteiger charge is -2.06. The SMILES string of the molecule is [C]#CCCCC1CCCN1. The van der Waals surface area contributed by atoms with Crippen LogP contribution < -0.4 is 5.32 Å². The van der Waals surface area contributed by atoms with Crippen LogP contribution in [0.15, 0.2) is 0 Å². The third kappa shape index (κ3) is 2.41. The molecule has 0 saturated carbocycles. The zero-order valence-corrected chi connectivity index (χ0v) is 6.32. The van der Waals surface area contributed by atoms with Crippen LogP contribution in [0.25, 0.3) is 0 Å². The summed E-state index contributed by atoms with van der Waals surface area (Å²) >= 11 is 0. The molecular formula is C9H14N. The highest BCUT2D eigenvalue weighted by Crippen LogP contribution is 2.11. The van der Waals surface area contributed by atoms with Gasteiger partial charge in [0.05, 0.1) is 0 Å². The van der Waals surface area contributed by atoms with Crippen molar-refractivity contribution in [2.45, 2.75) is 38.1 Å². The summed E-state index contributed by atoms with van der Waals surface area (Å²) in [6.07, 6.45) is 12.6. The van der Waals surface area contributed by atoms with E-state index in [1.54, 1.807) is 0 Å². The van der Waals surface area contributed by atoms with Crippen LogP contribution in [-0.4, -0.2) is 12.6 Å². The Hall–Kier alpha value is -0.480. The molecule has 1 atom stereocenters. The standard InChI is InChI=1S/C9H14N/c1-2-3-4-6-9-7-5-8-10-9/h9-10H,3-8H2. The van der Waals surface area contributed by atoms with Crippen molar-refractivity contribution in [2.24, 2.45) is 0 Å². The van der Waals surface area contributed by atoms with Crippen molar-refractivity contribution in [3.8, 4) is 5.92 Å². The van der Waals surface area contributed by atoms with Crippen molar-refractivity contribution < 1.29 is 0 Å². The van der Waals surface area contributed by atoms with E-state index in [0.717, 1.165) is 18.9 Å². The maximum Gasteiger partial charge on any atom is 0.00995 e. The largest absolute Gasteiger partial charge is 0.314 e. The van der Waals surface area contributed by atoms with Crippen LogP contribution >= 0.6 is 0 Å². The van der Waals surface area contributed by atoms with Crippen LogP contribution in [0.4, 0.5) is 0 Å². The molecule has 1 N–H and O–H groups in total. The first-order valence-corrected chi connectivity index (χ1v) is 4.06. The molecule has 1 rings (SSSR count). The summed E-state index contributed by atoms with van der Waals surface area (Å²) in [4.78, 5) is 0. The van der Waals surface area contributed by atoms with E-state index in [1.165, 1.54) is 25.8 Å². The summed E-state index contributed by atoms with van der Waals surface area (Å²) in [5, 5.41) is 3.43. The van der Waals surface area contributed by atoms with Gasteiger partial charge < -0.3 is 5.32 Å². The molecule has 0 aromatic heterocycles. The lowest BCUT2D eigenvalue weighted by Crippen LogP contribution is -2.20. The first-order valence-electron chi connectivity index (χ1n) is 4.06. The molecule has 0 amide bonds. The first kappa shape index (κ1) is 7.63. The molecule has 0 aromatic rings. The minimum atomic E-state index is 0.744. The zero-order valence-electron chi connectivity index (χ0n) is 6.32. The van der Waals surface area contributed by atoms with E-state index >= 15 is 0 Å². The van der Waals surface area contributed by atoms with Crippen molar-refractivity contribution in [3.63, 3.8) is 0 Å². The van der Waals surface area contributed by atoms with Gasteiger partial charge >= 0.3 is 0 Å². The Morgan fingerprint density at radius 2 is 2.50 bits per heavy atom. The third-order valence-corrected chi connectivity index (χ3v) is 2.02. The highest BCUT2D eigenvalue weighted by atomic mass is 14.9. The van der Waals surface area contributed by atoms with Gasteiger partial charge in [-0.1, -0.05) is 5.92 Å². The van der Waals surface area contributed by atoms with Crippen molar-refractivity contribution in [2.75, 3.05) is 6.54 Å². The Balaban J connectivity index is 1.97. The average molecular weight is 136 g/mol. The second-order valence-electron chi connectivity index (χ2n) is 2.86. The number of rotatable bonds is 3. The molecule has 10 heavy (non-hydrogen) atoms. The van der Waals surface area contributed by atoms with Gasteiger partial charge in [-0.2, -0.15) is 0 Å². The quantitative estimate of drug-likeness (QED) is 0.458. The monoisotopic (exact) mass is 136 g/mol. The van der Waals surface area contributed by atoms with Gasteiger partial charge in [0, 0.05) is 12.5 Å². The van der Waals surface area contributed by atoms with Crippen molar-refractivity contribution in [1.29, 1.82) is 0 Å². The molecular weight excluding hydrogens is 122 g/mol. The van der Waals surface area contributed by atoms with Crippen LogP contribution in [-0.2, 0) is 0 Å². The Bertz CT molecular complexity index is 117. The van der Waals surface area contributed by atoms with E-state index in [1.807, 2.05) is 0 Å². The predicted octanol–water partition coefficient (Wildman–Crippen LogP) is 1.50. The fraction of sp³-hybridized carbons (Fsp3) is 0.778. The lowest BCUT2D eigenvalue weighted by atomic mass is 10.1. The third-order valence-electron chi connectivity index (χ3n) is 2.02. The fourth-order valence-corrected chi connectivity index (χ4v) is 1.44. The molecule has 1 saturated heterocycles. The zero-order chi connectivity index (χ0) is 7.23. The minimum absolute atomic E-state index is 0.744. The van der Waals surface area contributed by atoms with Crippen LogP contribution in [0.3, 0.4) is 0 Å². The van der Waals surface area contributed by atoms with Crippen molar-refractivity contribution in [3.05, 3.63) is 6.42 Å². The lowest BCUT2D eigenvalue weighted by molar-refractivity contribution is 0.541. The molecule has 0 bridgehead atoms. The number of hydrogen-bond donors (Lipinski definition) is 1. The molecule has 1 fully saturated rings. The van der Waals surface area contributed by atoms with Gasteiger partial charge in [0.1, 0.15) is 0 Å². The van der Waals surface area contributed by atoms with Crippen molar-refractivity contribution >= 4 is 0 Å². The Morgan fingerprint density at radius 1 is 1.60 bits per heavy atom. The topological polar surface area (TPSA) is 12.0 Å². The molecule has 1 heterocycles. The first-order chi connectivity index (χ1) is 4.93. The van der Waals surface area contributed by atoms with Crippen molar-refractivity contribution in [1.82, 2.24) is 5.32 Å². The Labute approximate surface area is 63.2 Å². The minimum Gasteiger partial charge on any atom is -0.314 e. The summed E-state index contributed by atoms with van der Waals surface area (Å²) in [6, 6.07) is 0.744. The van der Waals surface area contributed by atoms with Crippen LogP contribution in [0.2, 0.25) is 0 Å². The maximum absolute atomic E-state index is 6.71. The number of nitrogens with one attached hydrogen (secondary N) is 1. The van der Waals surface area contributed by atoms with Gasteiger partial charge in [-0.05, 0) is 38.7 Å². The summed E-state index contributed by atoms with van der Waals surface area (Å²) in [6.45, 7) is 1.19. The maximum atomic E-state index is 6.71. The second kappa shape index (κ2) is 4.35. The Kier molecular flexibility index (Phi) is 3.32. The van der Waals surface area contributed by atoms with Crippen LogP contribution in [0.5, 0.6) is 0 Å². The molecule has 1 radical (unpaired) electrons. The molecule has 0 spiro atoms. The highest BCUT2D eigenvalue weighted by Gasteiger charge is 2.12. The molecule has 0 aliphatic carbocycles. The van der Waals surface area contributed by atoms with E-state index in [4.69, 9.17) is 6.42 Å². The van der Waals surface area contributed by atoms with E-state index in [9.17, 15) is 0 Å². The number of hydrogen-bond acceptors (Lipinski definition) is 1. The normalized spacial score (nSPS) is 24.5. The molecule has 1 nitrogen and oxygen atoms in total. The molecule has 55 valence electrons. The summed E-state index contributed by atoms with van der Waals surface area (Å²) in [7, 11) is 0. The van der Waals surface area contributed by atoms with E-state index in [-0.39, 0.29) is 0 Å². The van der Waals surface area contributed by atoms with Gasteiger partial charge in [0.2, 0.25) is 0 Å². The van der Waals surface area contributed by atoms with Gasteiger partial charge in [-0.15, -0.1) is 0 Å². The molecule has 1 aliphatic heterocycles. The molecule has 1 unspecified atom stereocenters. The van der Waals surface area contributed by atoms with E-state index < -0.39 is 0 Å². The van der Waals surface area contributed by atoms with Gasteiger partial charge in [-0.3, -0.25) is 0 Å². The molecule has 1 heteroatoms. The molecule has 0 aromatic carbocycles. The summed E-state index contributed by atoms with van der Waals surface area (Å²) in [5.41, 5.74) is 0. The predicted molar refractivity (Wildman–Crippen MR) is 42.0 cm³/mol. The highest BCUT2D eigenvalue weighted by molar-refractivity contribution is 4.79. The van der Waals surface area contributed by atoms with Gasteiger partial charge in [0.15, 0.2) is 0 Å². The van der Waals surface area contributed by atoms with E-state index in [2.05, 4.69) is 11.2 Å². The number of unbranched alkanes of at least 4 members (excludes halogenated alkanes) is 1. The Morgan fingerprint density at radius 3 is 3.10 bits per heavy atom. The van der Waals surface area contributed by atoms with Crippen LogP contribution in [0, 0.1) is 12.3 Å². The summed E-state index contributed by atoms with van der Waals surface area (Å²) < 4.78 is 0. The fourth-order valence-electron chi connectivity index (χ4n) is 1.44. The van der Waals surface area contributed by atoms with Crippen LogP contribution in [0.1, 0.15) is 32.1 Å². The summed E-state index contributed by atoms with van der Waals surface area (Å²) in [5.74, 6) is 2.41. The van der Waals surface area contributed by atoms with Gasteiger partial charge in [0.25, 0.3) is 0 Å². The average Bonchev–Trinajstić information content (AvgIpc) is 2.41. The second-order valence-corrected chi connectivity index (χ2v) is 2.86. The smallest absolute Gasteiger partial charge is 0.00995 e. The van der Waals surface area contributed by atoms with E-state index in [0.29, 0.717) is 0 Å². The van der Waals surface area contributed by atoms with Gasteiger partial charge in [-0.25, -0.2) is 0 Å².